The smallest absolute Gasteiger partial charge is 0.134 e. The molecular formula is C15H19NO2. The van der Waals surface area contributed by atoms with Crippen molar-refractivity contribution in [2.24, 2.45) is 5.92 Å². The quantitative estimate of drug-likeness (QED) is 0.898. The van der Waals surface area contributed by atoms with Crippen LogP contribution in [-0.4, -0.2) is 19.7 Å². The van der Waals surface area contributed by atoms with Crippen LogP contribution in [0.25, 0.3) is 11.0 Å². The number of furan rings is 1. The first kappa shape index (κ1) is 11.8. The standard InChI is InChI=1S/C15H19NO2/c1-2-16-10-12-7-8-17-15(12)14-9-11-5-3-4-6-13(11)18-14/h3-6,9,12,15-16H,2,7-8,10H2,1H3. The molecule has 0 spiro atoms. The maximum absolute atomic E-state index is 5.91. The molecule has 2 heterocycles. The van der Waals surface area contributed by atoms with Crippen LogP contribution in [0.3, 0.4) is 0 Å². The number of para-hydroxylation sites is 1. The van der Waals surface area contributed by atoms with Gasteiger partial charge in [-0.25, -0.2) is 0 Å². The average molecular weight is 245 g/mol. The molecule has 96 valence electrons. The summed E-state index contributed by atoms with van der Waals surface area (Å²) in [4.78, 5) is 0. The second kappa shape index (κ2) is 5.12. The zero-order valence-corrected chi connectivity index (χ0v) is 10.7. The molecule has 0 amide bonds. The van der Waals surface area contributed by atoms with Gasteiger partial charge in [0.25, 0.3) is 0 Å². The summed E-state index contributed by atoms with van der Waals surface area (Å²) in [7, 11) is 0. The van der Waals surface area contributed by atoms with E-state index in [2.05, 4.69) is 24.4 Å². The Morgan fingerprint density at radius 1 is 1.33 bits per heavy atom. The molecule has 1 aliphatic heterocycles. The molecule has 1 aromatic carbocycles. The Kier molecular flexibility index (Phi) is 3.35. The van der Waals surface area contributed by atoms with Gasteiger partial charge in [0.15, 0.2) is 0 Å². The summed E-state index contributed by atoms with van der Waals surface area (Å²) in [6.07, 6.45) is 1.21. The number of fused-ring (bicyclic) bond motifs is 1. The largest absolute Gasteiger partial charge is 0.458 e. The van der Waals surface area contributed by atoms with E-state index in [9.17, 15) is 0 Å². The lowest BCUT2D eigenvalue weighted by Crippen LogP contribution is -2.24. The van der Waals surface area contributed by atoms with Gasteiger partial charge < -0.3 is 14.5 Å². The van der Waals surface area contributed by atoms with Crippen LogP contribution >= 0.6 is 0 Å². The van der Waals surface area contributed by atoms with Gasteiger partial charge in [0.1, 0.15) is 17.4 Å². The summed E-state index contributed by atoms with van der Waals surface area (Å²) < 4.78 is 11.8. The molecule has 2 aromatic rings. The number of ether oxygens (including phenoxy) is 1. The minimum Gasteiger partial charge on any atom is -0.458 e. The highest BCUT2D eigenvalue weighted by molar-refractivity contribution is 5.77. The third kappa shape index (κ3) is 2.16. The molecule has 1 aromatic heterocycles. The van der Waals surface area contributed by atoms with E-state index in [0.717, 1.165) is 42.8 Å². The summed E-state index contributed by atoms with van der Waals surface area (Å²) in [5.41, 5.74) is 0.949. The van der Waals surface area contributed by atoms with Crippen molar-refractivity contribution in [3.8, 4) is 0 Å². The number of hydrogen-bond donors (Lipinski definition) is 1. The molecule has 2 atom stereocenters. The Bertz CT molecular complexity index is 487. The Labute approximate surface area is 107 Å². The summed E-state index contributed by atoms with van der Waals surface area (Å²) in [6.45, 7) is 4.96. The molecule has 18 heavy (non-hydrogen) atoms. The molecule has 0 radical (unpaired) electrons. The maximum Gasteiger partial charge on any atom is 0.134 e. The predicted octanol–water partition coefficient (Wildman–Crippen LogP) is 3.12. The Morgan fingerprint density at radius 3 is 3.06 bits per heavy atom. The van der Waals surface area contributed by atoms with Gasteiger partial charge in [-0.2, -0.15) is 0 Å². The van der Waals surface area contributed by atoms with Crippen molar-refractivity contribution < 1.29 is 9.15 Å². The van der Waals surface area contributed by atoms with E-state index in [0.29, 0.717) is 5.92 Å². The highest BCUT2D eigenvalue weighted by atomic mass is 16.5. The summed E-state index contributed by atoms with van der Waals surface area (Å²) in [5.74, 6) is 1.49. The molecule has 0 aliphatic carbocycles. The van der Waals surface area contributed by atoms with Crippen LogP contribution in [0.5, 0.6) is 0 Å². The molecule has 3 rings (SSSR count). The van der Waals surface area contributed by atoms with E-state index in [1.165, 1.54) is 0 Å². The Balaban J connectivity index is 1.84. The first-order chi connectivity index (χ1) is 8.88. The van der Waals surface area contributed by atoms with Gasteiger partial charge in [-0.05, 0) is 25.1 Å². The van der Waals surface area contributed by atoms with Crippen molar-refractivity contribution in [3.05, 3.63) is 36.1 Å². The van der Waals surface area contributed by atoms with Crippen molar-refractivity contribution in [2.75, 3.05) is 19.7 Å². The fourth-order valence-corrected chi connectivity index (χ4v) is 2.63. The van der Waals surface area contributed by atoms with Crippen molar-refractivity contribution in [3.63, 3.8) is 0 Å². The molecule has 1 fully saturated rings. The Hall–Kier alpha value is -1.32. The molecule has 3 heteroatoms. The van der Waals surface area contributed by atoms with E-state index in [-0.39, 0.29) is 6.10 Å². The molecule has 1 aliphatic rings. The molecule has 0 saturated carbocycles. The Morgan fingerprint density at radius 2 is 2.22 bits per heavy atom. The van der Waals surface area contributed by atoms with Crippen molar-refractivity contribution >= 4 is 11.0 Å². The third-order valence-corrected chi connectivity index (χ3v) is 3.60. The number of benzene rings is 1. The van der Waals surface area contributed by atoms with Crippen LogP contribution in [0, 0.1) is 5.92 Å². The average Bonchev–Trinajstić information content (AvgIpc) is 3.01. The predicted molar refractivity (Wildman–Crippen MR) is 71.6 cm³/mol. The molecular weight excluding hydrogens is 226 g/mol. The molecule has 3 nitrogen and oxygen atoms in total. The van der Waals surface area contributed by atoms with E-state index in [4.69, 9.17) is 9.15 Å². The number of rotatable bonds is 4. The summed E-state index contributed by atoms with van der Waals surface area (Å²) >= 11 is 0. The zero-order chi connectivity index (χ0) is 12.4. The van der Waals surface area contributed by atoms with Gasteiger partial charge in [0.2, 0.25) is 0 Å². The van der Waals surface area contributed by atoms with E-state index in [1.807, 2.05) is 18.2 Å². The van der Waals surface area contributed by atoms with Crippen LogP contribution in [-0.2, 0) is 4.74 Å². The molecule has 2 unspecified atom stereocenters. The fourth-order valence-electron chi connectivity index (χ4n) is 2.63. The molecule has 0 bridgehead atoms. The monoisotopic (exact) mass is 245 g/mol. The lowest BCUT2D eigenvalue weighted by Gasteiger charge is -2.16. The minimum absolute atomic E-state index is 0.108. The van der Waals surface area contributed by atoms with Gasteiger partial charge in [0.05, 0.1) is 0 Å². The van der Waals surface area contributed by atoms with Gasteiger partial charge in [0, 0.05) is 24.5 Å². The van der Waals surface area contributed by atoms with E-state index >= 15 is 0 Å². The first-order valence-electron chi connectivity index (χ1n) is 6.69. The first-order valence-corrected chi connectivity index (χ1v) is 6.69. The van der Waals surface area contributed by atoms with Gasteiger partial charge >= 0.3 is 0 Å². The summed E-state index contributed by atoms with van der Waals surface area (Å²) in [5, 5.41) is 4.56. The third-order valence-electron chi connectivity index (χ3n) is 3.60. The number of hydrogen-bond acceptors (Lipinski definition) is 3. The lowest BCUT2D eigenvalue weighted by atomic mass is 9.99. The van der Waals surface area contributed by atoms with Crippen LogP contribution in [0.4, 0.5) is 0 Å². The molecule has 1 saturated heterocycles. The SMILES string of the molecule is CCNCC1CCOC1c1cc2ccccc2o1. The second-order valence-corrected chi connectivity index (χ2v) is 4.83. The van der Waals surface area contributed by atoms with E-state index in [1.54, 1.807) is 0 Å². The van der Waals surface area contributed by atoms with Crippen LogP contribution < -0.4 is 5.32 Å². The maximum atomic E-state index is 5.91. The normalized spacial score (nSPS) is 23.8. The van der Waals surface area contributed by atoms with Gasteiger partial charge in [-0.1, -0.05) is 25.1 Å². The van der Waals surface area contributed by atoms with E-state index < -0.39 is 0 Å². The topological polar surface area (TPSA) is 34.4 Å². The second-order valence-electron chi connectivity index (χ2n) is 4.83. The van der Waals surface area contributed by atoms with Crippen LogP contribution in [0.2, 0.25) is 0 Å². The van der Waals surface area contributed by atoms with Crippen LogP contribution in [0.1, 0.15) is 25.2 Å². The fraction of sp³-hybridized carbons (Fsp3) is 0.467. The van der Waals surface area contributed by atoms with Crippen molar-refractivity contribution in [1.82, 2.24) is 5.32 Å². The highest BCUT2D eigenvalue weighted by Crippen LogP contribution is 2.36. The highest BCUT2D eigenvalue weighted by Gasteiger charge is 2.31. The van der Waals surface area contributed by atoms with Gasteiger partial charge in [-0.15, -0.1) is 0 Å². The van der Waals surface area contributed by atoms with Crippen LogP contribution in [0.15, 0.2) is 34.7 Å². The minimum atomic E-state index is 0.108. The number of nitrogens with one attached hydrogen (secondary N) is 1. The lowest BCUT2D eigenvalue weighted by molar-refractivity contribution is 0.0737. The zero-order valence-electron chi connectivity index (χ0n) is 10.7. The van der Waals surface area contributed by atoms with Crippen molar-refractivity contribution in [2.45, 2.75) is 19.4 Å². The molecule has 1 N–H and O–H groups in total. The van der Waals surface area contributed by atoms with Crippen molar-refractivity contribution in [1.29, 1.82) is 0 Å². The van der Waals surface area contributed by atoms with Gasteiger partial charge in [-0.3, -0.25) is 0 Å². The summed E-state index contributed by atoms with van der Waals surface area (Å²) in [6, 6.07) is 10.2.